The van der Waals surface area contributed by atoms with Gasteiger partial charge in [-0.05, 0) is 29.5 Å². The van der Waals surface area contributed by atoms with Crippen LogP contribution in [0.1, 0.15) is 21.7 Å². The number of morpholine rings is 1. The van der Waals surface area contributed by atoms with Crippen molar-refractivity contribution in [3.8, 4) is 0 Å². The fraction of sp³-hybridized carbons (Fsp3) is 0.368. The Hall–Kier alpha value is -1.89. The summed E-state index contributed by atoms with van der Waals surface area (Å²) in [5, 5.41) is 2.63. The zero-order chi connectivity index (χ0) is 17.9. The van der Waals surface area contributed by atoms with Gasteiger partial charge in [-0.1, -0.05) is 23.7 Å². The third-order valence-electron chi connectivity index (χ3n) is 4.71. The highest BCUT2D eigenvalue weighted by Crippen LogP contribution is 2.31. The number of rotatable bonds is 3. The minimum Gasteiger partial charge on any atom is -0.378 e. The van der Waals surface area contributed by atoms with Gasteiger partial charge in [0.05, 0.1) is 23.8 Å². The topological polar surface area (TPSA) is 45.7 Å². The first-order chi connectivity index (χ1) is 12.7. The van der Waals surface area contributed by atoms with Crippen LogP contribution < -0.4 is 4.90 Å². The number of amides is 1. The molecule has 2 aliphatic heterocycles. The zero-order valence-corrected chi connectivity index (χ0v) is 15.9. The molecule has 136 valence electrons. The molecule has 7 heteroatoms. The molecule has 0 bridgehead atoms. The summed E-state index contributed by atoms with van der Waals surface area (Å²) < 4.78 is 5.30. The first-order valence-electron chi connectivity index (χ1n) is 8.73. The number of carbonyl (C=O) groups excluding carboxylic acids is 1. The molecule has 1 saturated heterocycles. The van der Waals surface area contributed by atoms with Gasteiger partial charge in [-0.3, -0.25) is 4.79 Å². The van der Waals surface area contributed by atoms with Crippen molar-refractivity contribution in [3.63, 3.8) is 0 Å². The maximum Gasteiger partial charge on any atom is 0.255 e. The first kappa shape index (κ1) is 17.5. The number of hydrogen-bond acceptors (Lipinski definition) is 5. The van der Waals surface area contributed by atoms with E-state index in [0.717, 1.165) is 25.3 Å². The minimum atomic E-state index is -0.0345. The van der Waals surface area contributed by atoms with E-state index in [1.165, 1.54) is 10.5 Å². The number of nitrogens with zero attached hydrogens (tertiary/aromatic N) is 3. The third-order valence-corrected chi connectivity index (χ3v) is 5.94. The maximum atomic E-state index is 12.6. The van der Waals surface area contributed by atoms with Crippen LogP contribution in [-0.4, -0.2) is 55.2 Å². The molecule has 0 spiro atoms. The van der Waals surface area contributed by atoms with E-state index in [1.807, 2.05) is 0 Å². The Morgan fingerprint density at radius 2 is 2.12 bits per heavy atom. The number of aromatic nitrogens is 1. The molecule has 0 radical (unpaired) electrons. The Morgan fingerprint density at radius 3 is 2.77 bits per heavy atom. The number of hydrogen-bond donors (Lipinski definition) is 0. The van der Waals surface area contributed by atoms with Gasteiger partial charge in [-0.25, -0.2) is 4.98 Å². The highest BCUT2D eigenvalue weighted by Gasteiger charge is 2.22. The molecule has 0 atom stereocenters. The van der Waals surface area contributed by atoms with Crippen LogP contribution in [-0.2, 0) is 4.74 Å². The van der Waals surface area contributed by atoms with Crippen molar-refractivity contribution in [2.24, 2.45) is 0 Å². The molecule has 0 saturated carbocycles. The standard InChI is InChI=1S/C19H20ClN3O2S/c20-16-12-15(19(24)23-7-9-25-10-8-23)13-21-18(16)22-5-3-14(4-6-22)17-2-1-11-26-17/h1-3,11-13H,4-10H2. The SMILES string of the molecule is O=C(c1cnc(N2CC=C(c3cccs3)CC2)c(Cl)c1)N1CCOCC1. The smallest absolute Gasteiger partial charge is 0.255 e. The monoisotopic (exact) mass is 389 g/mol. The Labute approximate surface area is 161 Å². The van der Waals surface area contributed by atoms with Crippen molar-refractivity contribution in [2.45, 2.75) is 6.42 Å². The van der Waals surface area contributed by atoms with Crippen LogP contribution in [0.15, 0.2) is 35.9 Å². The molecule has 0 aliphatic carbocycles. The summed E-state index contributed by atoms with van der Waals surface area (Å²) in [6.07, 6.45) is 4.84. The second kappa shape index (κ2) is 7.78. The molecule has 0 aromatic carbocycles. The average Bonchev–Trinajstić information content (AvgIpc) is 3.23. The van der Waals surface area contributed by atoms with Crippen LogP contribution in [0.4, 0.5) is 5.82 Å². The fourth-order valence-corrected chi connectivity index (χ4v) is 4.36. The van der Waals surface area contributed by atoms with Crippen LogP contribution in [0.25, 0.3) is 5.57 Å². The Morgan fingerprint density at radius 1 is 1.27 bits per heavy atom. The number of halogens is 1. The molecule has 2 aromatic heterocycles. The largest absolute Gasteiger partial charge is 0.378 e. The normalized spacial score (nSPS) is 18.0. The van der Waals surface area contributed by atoms with Gasteiger partial charge in [-0.2, -0.15) is 0 Å². The van der Waals surface area contributed by atoms with E-state index in [1.54, 1.807) is 28.5 Å². The second-order valence-corrected chi connectivity index (χ2v) is 7.69. The molecule has 0 N–H and O–H groups in total. The lowest BCUT2D eigenvalue weighted by Crippen LogP contribution is -2.40. The number of ether oxygens (including phenoxy) is 1. The Bertz CT molecular complexity index is 816. The lowest BCUT2D eigenvalue weighted by Gasteiger charge is -2.29. The van der Waals surface area contributed by atoms with Gasteiger partial charge in [0.15, 0.2) is 0 Å². The van der Waals surface area contributed by atoms with Gasteiger partial charge in [-0.15, -0.1) is 11.3 Å². The summed E-state index contributed by atoms with van der Waals surface area (Å²) >= 11 is 8.23. The average molecular weight is 390 g/mol. The van der Waals surface area contributed by atoms with Crippen LogP contribution in [0, 0.1) is 0 Å². The number of pyridine rings is 1. The van der Waals surface area contributed by atoms with E-state index in [0.29, 0.717) is 36.9 Å². The van der Waals surface area contributed by atoms with Gasteiger partial charge in [0, 0.05) is 37.3 Å². The van der Waals surface area contributed by atoms with E-state index in [4.69, 9.17) is 16.3 Å². The van der Waals surface area contributed by atoms with Crippen molar-refractivity contribution in [3.05, 3.63) is 51.3 Å². The zero-order valence-electron chi connectivity index (χ0n) is 14.4. The van der Waals surface area contributed by atoms with Crippen LogP contribution in [0.5, 0.6) is 0 Å². The van der Waals surface area contributed by atoms with E-state index >= 15 is 0 Å². The van der Waals surface area contributed by atoms with E-state index in [9.17, 15) is 4.79 Å². The summed E-state index contributed by atoms with van der Waals surface area (Å²) in [5.41, 5.74) is 1.92. The van der Waals surface area contributed by atoms with Gasteiger partial charge in [0.25, 0.3) is 5.91 Å². The second-order valence-electron chi connectivity index (χ2n) is 6.34. The van der Waals surface area contributed by atoms with Crippen LogP contribution >= 0.6 is 22.9 Å². The molecule has 2 aromatic rings. The van der Waals surface area contributed by atoms with Gasteiger partial charge in [0.2, 0.25) is 0 Å². The number of carbonyl (C=O) groups is 1. The third kappa shape index (κ3) is 3.63. The van der Waals surface area contributed by atoms with Crippen LogP contribution in [0.3, 0.4) is 0 Å². The quantitative estimate of drug-likeness (QED) is 0.805. The summed E-state index contributed by atoms with van der Waals surface area (Å²) in [5.74, 6) is 0.708. The Balaban J connectivity index is 1.47. The Kier molecular flexibility index (Phi) is 5.24. The van der Waals surface area contributed by atoms with Gasteiger partial charge in [0.1, 0.15) is 5.82 Å². The van der Waals surface area contributed by atoms with Crippen molar-refractivity contribution in [1.29, 1.82) is 0 Å². The lowest BCUT2D eigenvalue weighted by atomic mass is 10.1. The number of thiophene rings is 1. The van der Waals surface area contributed by atoms with Crippen LogP contribution in [0.2, 0.25) is 5.02 Å². The highest BCUT2D eigenvalue weighted by molar-refractivity contribution is 7.11. The maximum absolute atomic E-state index is 12.6. The lowest BCUT2D eigenvalue weighted by molar-refractivity contribution is 0.0302. The van der Waals surface area contributed by atoms with Gasteiger partial charge < -0.3 is 14.5 Å². The molecule has 4 rings (SSSR count). The number of anilines is 1. The molecule has 26 heavy (non-hydrogen) atoms. The summed E-state index contributed by atoms with van der Waals surface area (Å²) in [6, 6.07) is 5.97. The van der Waals surface area contributed by atoms with Crippen molar-refractivity contribution >= 4 is 40.2 Å². The van der Waals surface area contributed by atoms with Gasteiger partial charge >= 0.3 is 0 Å². The van der Waals surface area contributed by atoms with Crippen molar-refractivity contribution in [1.82, 2.24) is 9.88 Å². The first-order valence-corrected chi connectivity index (χ1v) is 9.98. The van der Waals surface area contributed by atoms with Crippen molar-refractivity contribution in [2.75, 3.05) is 44.3 Å². The van der Waals surface area contributed by atoms with E-state index in [2.05, 4.69) is 33.5 Å². The molecule has 4 heterocycles. The summed E-state index contributed by atoms with van der Waals surface area (Å²) in [7, 11) is 0. The molecule has 2 aliphatic rings. The minimum absolute atomic E-state index is 0.0345. The fourth-order valence-electron chi connectivity index (χ4n) is 3.28. The summed E-state index contributed by atoms with van der Waals surface area (Å²) in [6.45, 7) is 4.03. The molecule has 5 nitrogen and oxygen atoms in total. The highest BCUT2D eigenvalue weighted by atomic mass is 35.5. The predicted octanol–water partition coefficient (Wildman–Crippen LogP) is 3.56. The molecular weight excluding hydrogens is 370 g/mol. The predicted molar refractivity (Wildman–Crippen MR) is 105 cm³/mol. The molecule has 0 unspecified atom stereocenters. The summed E-state index contributed by atoms with van der Waals surface area (Å²) in [4.78, 5) is 22.3. The van der Waals surface area contributed by atoms with E-state index in [-0.39, 0.29) is 5.91 Å². The molecular formula is C19H20ClN3O2S. The van der Waals surface area contributed by atoms with Crippen molar-refractivity contribution < 1.29 is 9.53 Å². The van der Waals surface area contributed by atoms with E-state index < -0.39 is 0 Å². The molecule has 1 amide bonds. The molecule has 1 fully saturated rings.